The number of hydrogen-bond donors (Lipinski definition) is 1. The van der Waals surface area contributed by atoms with E-state index in [0.29, 0.717) is 48.2 Å². The van der Waals surface area contributed by atoms with E-state index in [9.17, 15) is 9.59 Å². The standard InChI is InChI=1S/C27H31N3O2/c1-3-29-26(31)25-16-23(18(2)15-24(25)22-5-4-6-22)27(32)30-13-11-21(12-14-30)20-9-7-19(17-28)8-10-20/h7-10,15-16,21-22H,3-6,11-14H2,1-2H3,(H,29,31). The van der Waals surface area contributed by atoms with Crippen LogP contribution in [0, 0.1) is 18.3 Å². The average molecular weight is 430 g/mol. The Morgan fingerprint density at radius 2 is 1.72 bits per heavy atom. The largest absolute Gasteiger partial charge is 0.352 e. The van der Waals surface area contributed by atoms with Crippen molar-refractivity contribution < 1.29 is 9.59 Å². The normalized spacial score (nSPS) is 16.8. The number of hydrogen-bond acceptors (Lipinski definition) is 3. The molecule has 1 aliphatic carbocycles. The second-order valence-electron chi connectivity index (χ2n) is 9.04. The zero-order valence-electron chi connectivity index (χ0n) is 19.0. The highest BCUT2D eigenvalue weighted by Crippen LogP contribution is 2.39. The molecule has 0 bridgehead atoms. The van der Waals surface area contributed by atoms with Crippen LogP contribution < -0.4 is 5.32 Å². The van der Waals surface area contributed by atoms with Crippen LogP contribution in [0.4, 0.5) is 0 Å². The summed E-state index contributed by atoms with van der Waals surface area (Å²) in [5, 5.41) is 11.9. The van der Waals surface area contributed by atoms with Crippen LogP contribution in [-0.4, -0.2) is 36.3 Å². The molecule has 1 saturated carbocycles. The number of likely N-dealkylation sites (tertiary alicyclic amines) is 1. The molecule has 32 heavy (non-hydrogen) atoms. The summed E-state index contributed by atoms with van der Waals surface area (Å²) >= 11 is 0. The first kappa shape index (κ1) is 22.1. The molecule has 2 amide bonds. The fraction of sp³-hybridized carbons (Fsp3) is 0.444. The van der Waals surface area contributed by atoms with Crippen molar-refractivity contribution in [1.82, 2.24) is 10.2 Å². The number of nitrogens with one attached hydrogen (secondary N) is 1. The van der Waals surface area contributed by atoms with E-state index in [1.807, 2.05) is 49.1 Å². The summed E-state index contributed by atoms with van der Waals surface area (Å²) in [5.74, 6) is 0.771. The van der Waals surface area contributed by atoms with Crippen molar-refractivity contribution in [3.63, 3.8) is 0 Å². The summed E-state index contributed by atoms with van der Waals surface area (Å²) in [6.45, 7) is 5.87. The molecule has 1 saturated heterocycles. The molecule has 5 heteroatoms. The van der Waals surface area contributed by atoms with Crippen LogP contribution in [0.1, 0.15) is 93.8 Å². The van der Waals surface area contributed by atoms with E-state index in [2.05, 4.69) is 17.5 Å². The number of amides is 2. The Labute approximate surface area is 190 Å². The Bertz CT molecular complexity index is 1040. The molecule has 1 aliphatic heterocycles. The van der Waals surface area contributed by atoms with Crippen molar-refractivity contribution in [3.05, 3.63) is 69.8 Å². The zero-order valence-corrected chi connectivity index (χ0v) is 19.0. The highest BCUT2D eigenvalue weighted by molar-refractivity contribution is 6.01. The van der Waals surface area contributed by atoms with Crippen molar-refractivity contribution in [3.8, 4) is 6.07 Å². The molecule has 0 aromatic heterocycles. The quantitative estimate of drug-likeness (QED) is 0.734. The van der Waals surface area contributed by atoms with Gasteiger partial charge in [0.1, 0.15) is 0 Å². The number of nitriles is 1. The maximum Gasteiger partial charge on any atom is 0.254 e. The van der Waals surface area contributed by atoms with Crippen molar-refractivity contribution in [2.45, 2.75) is 57.8 Å². The average Bonchev–Trinajstić information content (AvgIpc) is 2.78. The molecule has 2 fully saturated rings. The first-order chi connectivity index (χ1) is 15.5. The van der Waals surface area contributed by atoms with E-state index >= 15 is 0 Å². The van der Waals surface area contributed by atoms with Gasteiger partial charge in [-0.15, -0.1) is 0 Å². The van der Waals surface area contributed by atoms with E-state index in [-0.39, 0.29) is 11.8 Å². The number of nitrogens with zero attached hydrogens (tertiary/aromatic N) is 2. The van der Waals surface area contributed by atoms with Crippen molar-refractivity contribution >= 4 is 11.8 Å². The molecular weight excluding hydrogens is 398 g/mol. The second-order valence-corrected chi connectivity index (χ2v) is 9.04. The fourth-order valence-electron chi connectivity index (χ4n) is 4.89. The molecule has 2 aromatic carbocycles. The minimum atomic E-state index is -0.0806. The van der Waals surface area contributed by atoms with E-state index in [1.165, 1.54) is 12.0 Å². The maximum atomic E-state index is 13.4. The Hall–Kier alpha value is -3.13. The lowest BCUT2D eigenvalue weighted by atomic mass is 9.77. The first-order valence-corrected chi connectivity index (χ1v) is 11.7. The van der Waals surface area contributed by atoms with Crippen molar-refractivity contribution in [2.24, 2.45) is 0 Å². The van der Waals surface area contributed by atoms with Gasteiger partial charge in [-0.05, 0) is 86.3 Å². The van der Waals surface area contributed by atoms with Gasteiger partial charge in [0, 0.05) is 30.8 Å². The molecule has 0 spiro atoms. The minimum absolute atomic E-state index is 0.0199. The number of carbonyl (C=O) groups excluding carboxylic acids is 2. The highest BCUT2D eigenvalue weighted by Gasteiger charge is 2.29. The summed E-state index contributed by atoms with van der Waals surface area (Å²) < 4.78 is 0. The molecule has 1 heterocycles. The van der Waals surface area contributed by atoms with Gasteiger partial charge in [0.15, 0.2) is 0 Å². The van der Waals surface area contributed by atoms with Gasteiger partial charge in [-0.1, -0.05) is 24.6 Å². The van der Waals surface area contributed by atoms with Crippen molar-refractivity contribution in [1.29, 1.82) is 5.26 Å². The second kappa shape index (κ2) is 9.56. The number of rotatable bonds is 5. The van der Waals surface area contributed by atoms with Crippen molar-refractivity contribution in [2.75, 3.05) is 19.6 Å². The molecule has 166 valence electrons. The molecule has 1 N–H and O–H groups in total. The Morgan fingerprint density at radius 1 is 1.03 bits per heavy atom. The van der Waals surface area contributed by atoms with Gasteiger partial charge in [0.2, 0.25) is 0 Å². The number of carbonyl (C=O) groups is 2. The van der Waals surface area contributed by atoms with Crippen LogP contribution in [0.2, 0.25) is 0 Å². The molecule has 0 atom stereocenters. The van der Waals surface area contributed by atoms with Gasteiger partial charge < -0.3 is 10.2 Å². The Kier molecular flexibility index (Phi) is 6.60. The molecule has 5 nitrogen and oxygen atoms in total. The molecule has 2 aromatic rings. The molecule has 0 radical (unpaired) electrons. The van der Waals surface area contributed by atoms with Gasteiger partial charge >= 0.3 is 0 Å². The Morgan fingerprint density at radius 3 is 2.28 bits per heavy atom. The SMILES string of the molecule is CCNC(=O)c1cc(C(=O)N2CCC(c3ccc(C#N)cc3)CC2)c(C)cc1C1CCC1. The smallest absolute Gasteiger partial charge is 0.254 e. The monoisotopic (exact) mass is 429 g/mol. The summed E-state index contributed by atoms with van der Waals surface area (Å²) in [5.41, 5.74) is 5.26. The minimum Gasteiger partial charge on any atom is -0.352 e. The predicted molar refractivity (Wildman–Crippen MR) is 125 cm³/mol. The lowest BCUT2D eigenvalue weighted by Gasteiger charge is -2.33. The third kappa shape index (κ3) is 4.41. The Balaban J connectivity index is 1.51. The number of piperidine rings is 1. The van der Waals surface area contributed by atoms with Gasteiger partial charge in [-0.25, -0.2) is 0 Å². The van der Waals surface area contributed by atoms with E-state index in [0.717, 1.165) is 36.8 Å². The molecule has 2 aliphatic rings. The summed E-state index contributed by atoms with van der Waals surface area (Å²) in [7, 11) is 0. The fourth-order valence-corrected chi connectivity index (χ4v) is 4.89. The van der Waals surface area contributed by atoms with Crippen LogP contribution in [0.25, 0.3) is 0 Å². The van der Waals surface area contributed by atoms with E-state index in [4.69, 9.17) is 5.26 Å². The van der Waals surface area contributed by atoms with E-state index in [1.54, 1.807) is 0 Å². The van der Waals surface area contributed by atoms with Crippen LogP contribution >= 0.6 is 0 Å². The highest BCUT2D eigenvalue weighted by atomic mass is 16.2. The number of benzene rings is 2. The predicted octanol–water partition coefficient (Wildman–Crippen LogP) is 4.90. The summed E-state index contributed by atoms with van der Waals surface area (Å²) in [6, 6.07) is 13.9. The molecule has 0 unspecified atom stereocenters. The van der Waals surface area contributed by atoms with Gasteiger partial charge in [-0.2, -0.15) is 5.26 Å². The van der Waals surface area contributed by atoms with Crippen LogP contribution in [0.15, 0.2) is 36.4 Å². The van der Waals surface area contributed by atoms with Gasteiger partial charge in [0.05, 0.1) is 11.6 Å². The van der Waals surface area contributed by atoms with Crippen LogP contribution in [0.5, 0.6) is 0 Å². The first-order valence-electron chi connectivity index (χ1n) is 11.7. The van der Waals surface area contributed by atoms with Gasteiger partial charge in [0.25, 0.3) is 11.8 Å². The third-order valence-corrected chi connectivity index (χ3v) is 7.05. The summed E-state index contributed by atoms with van der Waals surface area (Å²) in [4.78, 5) is 28.1. The summed E-state index contributed by atoms with van der Waals surface area (Å²) in [6.07, 6.45) is 5.23. The van der Waals surface area contributed by atoms with Gasteiger partial charge in [-0.3, -0.25) is 9.59 Å². The number of aryl methyl sites for hydroxylation is 1. The third-order valence-electron chi connectivity index (χ3n) is 7.05. The van der Waals surface area contributed by atoms with Crippen LogP contribution in [0.3, 0.4) is 0 Å². The topological polar surface area (TPSA) is 73.2 Å². The maximum absolute atomic E-state index is 13.4. The lowest BCUT2D eigenvalue weighted by molar-refractivity contribution is 0.0712. The van der Waals surface area contributed by atoms with E-state index < -0.39 is 0 Å². The lowest BCUT2D eigenvalue weighted by Crippen LogP contribution is -2.38. The zero-order chi connectivity index (χ0) is 22.7. The molecular formula is C27H31N3O2. The molecule has 4 rings (SSSR count). The van der Waals surface area contributed by atoms with Crippen LogP contribution in [-0.2, 0) is 0 Å².